The molecule has 2 rings (SSSR count). The summed E-state index contributed by atoms with van der Waals surface area (Å²) in [4.78, 5) is 11.6. The van der Waals surface area contributed by atoms with E-state index in [4.69, 9.17) is 15.2 Å². The van der Waals surface area contributed by atoms with Gasteiger partial charge in [-0.05, 0) is 36.7 Å². The third-order valence-corrected chi connectivity index (χ3v) is 3.43. The van der Waals surface area contributed by atoms with Crippen LogP contribution in [0.25, 0.3) is 0 Å². The number of anilines is 1. The molecule has 118 valence electrons. The van der Waals surface area contributed by atoms with E-state index in [0.29, 0.717) is 12.4 Å². The van der Waals surface area contributed by atoms with Crippen LogP contribution < -0.4 is 15.2 Å². The van der Waals surface area contributed by atoms with Crippen molar-refractivity contribution in [2.75, 3.05) is 19.5 Å². The molecule has 0 saturated heterocycles. The molecule has 0 aliphatic heterocycles. The van der Waals surface area contributed by atoms with E-state index < -0.39 is 11.8 Å². The van der Waals surface area contributed by atoms with Gasteiger partial charge in [-0.3, -0.25) is 0 Å². The van der Waals surface area contributed by atoms with Crippen molar-refractivity contribution in [2.45, 2.75) is 13.5 Å². The molecule has 0 amide bonds. The first-order valence-corrected chi connectivity index (χ1v) is 7.21. The van der Waals surface area contributed by atoms with Crippen LogP contribution in [-0.4, -0.2) is 24.1 Å². The number of esters is 1. The molecule has 22 heavy (non-hydrogen) atoms. The number of nitrogens with two attached hydrogens (primary N) is 1. The molecule has 1 heterocycles. The molecule has 0 spiro atoms. The first-order valence-electron chi connectivity index (χ1n) is 6.44. The standard InChI is InChI=1S/C14H15FN2O4S/c1-3-20-9-4-5-10(15)8(6-9)7-21-13-11(14(18)19-2)12(16)22-17-13/h4-6H,3,7,16H2,1-2H3. The zero-order chi connectivity index (χ0) is 16.1. The minimum Gasteiger partial charge on any atom is -0.494 e. The van der Waals surface area contributed by atoms with E-state index in [0.717, 1.165) is 11.5 Å². The molecule has 2 aromatic rings. The summed E-state index contributed by atoms with van der Waals surface area (Å²) in [6.07, 6.45) is 0. The number of rotatable bonds is 6. The zero-order valence-electron chi connectivity index (χ0n) is 12.1. The van der Waals surface area contributed by atoms with Crippen LogP contribution in [0.3, 0.4) is 0 Å². The lowest BCUT2D eigenvalue weighted by molar-refractivity contribution is 0.0596. The number of benzene rings is 1. The topological polar surface area (TPSA) is 83.7 Å². The number of ether oxygens (including phenoxy) is 3. The maximum absolute atomic E-state index is 13.8. The molecule has 0 unspecified atom stereocenters. The first kappa shape index (κ1) is 16.0. The van der Waals surface area contributed by atoms with E-state index in [1.165, 1.54) is 25.3 Å². The number of nitrogen functional groups attached to an aromatic ring is 1. The van der Waals surface area contributed by atoms with E-state index in [1.54, 1.807) is 0 Å². The molecule has 0 fully saturated rings. The summed E-state index contributed by atoms with van der Waals surface area (Å²) in [5.41, 5.74) is 6.00. The highest BCUT2D eigenvalue weighted by Crippen LogP contribution is 2.29. The lowest BCUT2D eigenvalue weighted by atomic mass is 10.2. The summed E-state index contributed by atoms with van der Waals surface area (Å²) in [7, 11) is 1.23. The van der Waals surface area contributed by atoms with Gasteiger partial charge < -0.3 is 19.9 Å². The van der Waals surface area contributed by atoms with Crippen LogP contribution >= 0.6 is 11.5 Å². The fourth-order valence-electron chi connectivity index (χ4n) is 1.74. The molecule has 0 aliphatic rings. The Kier molecular flexibility index (Phi) is 5.16. The molecule has 1 aromatic carbocycles. The van der Waals surface area contributed by atoms with Crippen molar-refractivity contribution < 1.29 is 23.4 Å². The summed E-state index contributed by atoms with van der Waals surface area (Å²) < 4.78 is 33.0. The molecule has 0 atom stereocenters. The second-order valence-corrected chi connectivity index (χ2v) is 5.00. The van der Waals surface area contributed by atoms with Crippen molar-refractivity contribution in [3.63, 3.8) is 0 Å². The third-order valence-electron chi connectivity index (χ3n) is 2.77. The number of carbonyl (C=O) groups excluding carboxylic acids is 1. The van der Waals surface area contributed by atoms with E-state index in [1.807, 2.05) is 6.92 Å². The van der Waals surface area contributed by atoms with Crippen molar-refractivity contribution in [3.05, 3.63) is 35.1 Å². The quantitative estimate of drug-likeness (QED) is 0.822. The molecule has 0 bridgehead atoms. The van der Waals surface area contributed by atoms with Gasteiger partial charge in [-0.1, -0.05) is 0 Å². The fraction of sp³-hybridized carbons (Fsp3) is 0.286. The maximum Gasteiger partial charge on any atom is 0.346 e. The van der Waals surface area contributed by atoms with E-state index in [9.17, 15) is 9.18 Å². The molecule has 1 aromatic heterocycles. The van der Waals surface area contributed by atoms with Crippen molar-refractivity contribution >= 4 is 22.5 Å². The van der Waals surface area contributed by atoms with Gasteiger partial charge >= 0.3 is 5.97 Å². The van der Waals surface area contributed by atoms with Crippen molar-refractivity contribution in [1.29, 1.82) is 0 Å². The molecule has 0 saturated carbocycles. The Morgan fingerprint density at radius 1 is 1.41 bits per heavy atom. The van der Waals surface area contributed by atoms with Gasteiger partial charge in [0.1, 0.15) is 23.2 Å². The van der Waals surface area contributed by atoms with Crippen LogP contribution in [0.15, 0.2) is 18.2 Å². The van der Waals surface area contributed by atoms with Gasteiger partial charge in [0, 0.05) is 5.56 Å². The predicted molar refractivity (Wildman–Crippen MR) is 79.8 cm³/mol. The second-order valence-electron chi connectivity index (χ2n) is 4.19. The van der Waals surface area contributed by atoms with E-state index in [2.05, 4.69) is 9.11 Å². The lowest BCUT2D eigenvalue weighted by Gasteiger charge is -2.09. The summed E-state index contributed by atoms with van der Waals surface area (Å²) in [5.74, 6) is -0.528. The van der Waals surface area contributed by atoms with Gasteiger partial charge in [0.25, 0.3) is 0 Å². The van der Waals surface area contributed by atoms with Gasteiger partial charge in [0.15, 0.2) is 5.56 Å². The number of methoxy groups -OCH3 is 1. The highest BCUT2D eigenvalue weighted by atomic mass is 32.1. The summed E-state index contributed by atoms with van der Waals surface area (Å²) in [5, 5.41) is 0.186. The summed E-state index contributed by atoms with van der Waals surface area (Å²) >= 11 is 0.909. The second kappa shape index (κ2) is 7.08. The lowest BCUT2D eigenvalue weighted by Crippen LogP contribution is -2.07. The average Bonchev–Trinajstić information content (AvgIpc) is 2.88. The monoisotopic (exact) mass is 326 g/mol. The normalized spacial score (nSPS) is 10.3. The van der Waals surface area contributed by atoms with Crippen LogP contribution in [0.4, 0.5) is 9.39 Å². The Morgan fingerprint density at radius 3 is 2.86 bits per heavy atom. The first-order chi connectivity index (χ1) is 10.6. The van der Waals surface area contributed by atoms with Crippen LogP contribution in [0.5, 0.6) is 11.6 Å². The molecule has 0 aliphatic carbocycles. The number of carbonyl (C=O) groups is 1. The molecule has 2 N–H and O–H groups in total. The fourth-order valence-corrected chi connectivity index (χ4v) is 2.33. The van der Waals surface area contributed by atoms with Crippen LogP contribution in [0.2, 0.25) is 0 Å². The van der Waals surface area contributed by atoms with Crippen LogP contribution in [-0.2, 0) is 11.3 Å². The Hall–Kier alpha value is -2.35. The Balaban J connectivity index is 2.17. The largest absolute Gasteiger partial charge is 0.494 e. The van der Waals surface area contributed by atoms with E-state index >= 15 is 0 Å². The number of aromatic nitrogens is 1. The van der Waals surface area contributed by atoms with Crippen molar-refractivity contribution in [3.8, 4) is 11.6 Å². The molecule has 8 heteroatoms. The number of hydrogen-bond acceptors (Lipinski definition) is 7. The van der Waals surface area contributed by atoms with Gasteiger partial charge in [0.2, 0.25) is 5.88 Å². The predicted octanol–water partition coefficient (Wildman–Crippen LogP) is 2.63. The molecule has 0 radical (unpaired) electrons. The van der Waals surface area contributed by atoms with Gasteiger partial charge in [-0.15, -0.1) is 0 Å². The minimum atomic E-state index is -0.648. The molecule has 6 nitrogen and oxygen atoms in total. The van der Waals surface area contributed by atoms with Gasteiger partial charge in [-0.2, -0.15) is 4.37 Å². The Labute approximate surface area is 130 Å². The highest BCUT2D eigenvalue weighted by molar-refractivity contribution is 7.10. The number of hydrogen-bond donors (Lipinski definition) is 1. The number of halogens is 1. The van der Waals surface area contributed by atoms with Crippen molar-refractivity contribution in [2.24, 2.45) is 0 Å². The highest BCUT2D eigenvalue weighted by Gasteiger charge is 2.21. The maximum atomic E-state index is 13.8. The SMILES string of the molecule is CCOc1ccc(F)c(COc2nsc(N)c2C(=O)OC)c1. The molecular formula is C14H15FN2O4S. The Bertz CT molecular complexity index is 675. The average molecular weight is 326 g/mol. The summed E-state index contributed by atoms with van der Waals surface area (Å²) in [6, 6.07) is 4.36. The van der Waals surface area contributed by atoms with Gasteiger partial charge in [-0.25, -0.2) is 9.18 Å². The van der Waals surface area contributed by atoms with Gasteiger partial charge in [0.05, 0.1) is 13.7 Å². The molecular weight excluding hydrogens is 311 g/mol. The third kappa shape index (κ3) is 3.45. The van der Waals surface area contributed by atoms with E-state index in [-0.39, 0.29) is 28.6 Å². The number of nitrogens with zero attached hydrogens (tertiary/aromatic N) is 1. The smallest absolute Gasteiger partial charge is 0.346 e. The van der Waals surface area contributed by atoms with Crippen molar-refractivity contribution in [1.82, 2.24) is 4.37 Å². The van der Waals surface area contributed by atoms with Crippen LogP contribution in [0.1, 0.15) is 22.8 Å². The zero-order valence-corrected chi connectivity index (χ0v) is 12.9. The Morgan fingerprint density at radius 2 is 2.18 bits per heavy atom. The minimum absolute atomic E-state index is 0.0237. The summed E-state index contributed by atoms with van der Waals surface area (Å²) in [6.45, 7) is 2.20. The van der Waals surface area contributed by atoms with Crippen LogP contribution in [0, 0.1) is 5.82 Å².